The van der Waals surface area contributed by atoms with Gasteiger partial charge >= 0.3 is 5.97 Å². The fourth-order valence-electron chi connectivity index (χ4n) is 5.10. The van der Waals surface area contributed by atoms with Crippen LogP contribution in [0, 0.1) is 5.92 Å². The summed E-state index contributed by atoms with van der Waals surface area (Å²) in [7, 11) is 2.05. The van der Waals surface area contributed by atoms with Gasteiger partial charge in [0.1, 0.15) is 5.69 Å². The van der Waals surface area contributed by atoms with Crippen molar-refractivity contribution in [1.82, 2.24) is 25.5 Å². The molecule has 9 nitrogen and oxygen atoms in total. The molecule has 0 spiro atoms. The summed E-state index contributed by atoms with van der Waals surface area (Å²) in [5.41, 5.74) is 2.19. The number of rotatable bonds is 6. The molecule has 3 atom stereocenters. The van der Waals surface area contributed by atoms with Crippen molar-refractivity contribution in [2.45, 2.75) is 51.2 Å². The molecule has 1 aliphatic heterocycles. The van der Waals surface area contributed by atoms with Crippen LogP contribution in [0.4, 0.5) is 0 Å². The molecule has 5 rings (SSSR count). The average Bonchev–Trinajstić information content (AvgIpc) is 3.49. The quantitative estimate of drug-likeness (QED) is 0.410. The standard InChI is InChI=1S/C26H30ClN5O4S/c1-3-36-26(35)14-4-6-18(29-23(33)21-12-15-10-16(27)5-7-17(15)28-21)20(11-14)30-24(34)25-31-19-8-9-32(2)13-22(19)37-25/h5,7,10,12,14,18,20,28H,3-4,6,8-9,11,13H2,1-2H3,(H,29,33)(H,30,34)/t14-,18-,20+/m1/s1. The van der Waals surface area contributed by atoms with E-state index in [2.05, 4.69) is 32.5 Å². The molecule has 2 aromatic heterocycles. The van der Waals surface area contributed by atoms with Gasteiger partial charge in [-0.05, 0) is 57.5 Å². The Bertz CT molecular complexity index is 1340. The van der Waals surface area contributed by atoms with Crippen LogP contribution in [0.3, 0.4) is 0 Å². The maximum Gasteiger partial charge on any atom is 0.308 e. The minimum atomic E-state index is -0.443. The molecule has 0 unspecified atom stereocenters. The number of nitrogens with zero attached hydrogens (tertiary/aromatic N) is 2. The molecule has 2 aliphatic rings. The van der Waals surface area contributed by atoms with Crippen molar-refractivity contribution in [3.63, 3.8) is 0 Å². The molecule has 0 radical (unpaired) electrons. The van der Waals surface area contributed by atoms with Gasteiger partial charge in [0.25, 0.3) is 11.8 Å². The molecule has 1 aliphatic carbocycles. The summed E-state index contributed by atoms with van der Waals surface area (Å²) in [6.07, 6.45) is 2.30. The van der Waals surface area contributed by atoms with Gasteiger partial charge in [-0.2, -0.15) is 0 Å². The zero-order chi connectivity index (χ0) is 26.1. The Hall–Kier alpha value is -2.95. The SMILES string of the molecule is CCOC(=O)[C@@H]1CC[C@@H](NC(=O)c2cc3cc(Cl)ccc3[nH]2)[C@@H](NC(=O)c2nc3c(s2)CN(C)CC3)C1. The number of hydrogen-bond acceptors (Lipinski definition) is 7. The zero-order valence-corrected chi connectivity index (χ0v) is 22.4. The number of ether oxygens (including phenoxy) is 1. The first-order valence-electron chi connectivity index (χ1n) is 12.5. The number of carbonyl (C=O) groups is 3. The number of halogens is 1. The number of fused-ring (bicyclic) bond motifs is 2. The first kappa shape index (κ1) is 25.7. The van der Waals surface area contributed by atoms with Crippen molar-refractivity contribution in [3.05, 3.63) is 50.6 Å². The molecule has 3 N–H and O–H groups in total. The van der Waals surface area contributed by atoms with Crippen LogP contribution in [0.2, 0.25) is 5.02 Å². The molecule has 3 heterocycles. The van der Waals surface area contributed by atoms with Gasteiger partial charge in [-0.25, -0.2) is 4.98 Å². The zero-order valence-electron chi connectivity index (χ0n) is 20.8. The van der Waals surface area contributed by atoms with Crippen LogP contribution in [0.5, 0.6) is 0 Å². The van der Waals surface area contributed by atoms with E-state index in [0.717, 1.165) is 41.0 Å². The normalized spacial score (nSPS) is 21.9. The lowest BCUT2D eigenvalue weighted by Crippen LogP contribution is -2.55. The second-order valence-corrected chi connectivity index (χ2v) is 11.2. The van der Waals surface area contributed by atoms with Gasteiger partial charge in [0.2, 0.25) is 0 Å². The van der Waals surface area contributed by atoms with E-state index in [1.54, 1.807) is 25.1 Å². The number of H-pyrrole nitrogens is 1. The van der Waals surface area contributed by atoms with Gasteiger partial charge < -0.3 is 25.3 Å². The molecule has 1 fully saturated rings. The topological polar surface area (TPSA) is 116 Å². The third kappa shape index (κ3) is 5.66. The lowest BCUT2D eigenvalue weighted by atomic mass is 9.82. The first-order chi connectivity index (χ1) is 17.8. The van der Waals surface area contributed by atoms with Crippen molar-refractivity contribution >= 4 is 51.6 Å². The maximum absolute atomic E-state index is 13.2. The molecule has 11 heteroatoms. The maximum atomic E-state index is 13.2. The summed E-state index contributed by atoms with van der Waals surface area (Å²) < 4.78 is 5.24. The van der Waals surface area contributed by atoms with Gasteiger partial charge in [0.15, 0.2) is 5.01 Å². The Balaban J connectivity index is 1.33. The van der Waals surface area contributed by atoms with E-state index in [-0.39, 0.29) is 29.7 Å². The number of thiazole rings is 1. The van der Waals surface area contributed by atoms with E-state index in [9.17, 15) is 14.4 Å². The molecule has 3 aromatic rings. The molecule has 0 bridgehead atoms. The summed E-state index contributed by atoms with van der Waals surface area (Å²) in [5.74, 6) is -1.17. The highest BCUT2D eigenvalue weighted by atomic mass is 35.5. The number of esters is 1. The highest BCUT2D eigenvalue weighted by molar-refractivity contribution is 7.13. The number of likely N-dealkylation sites (N-methyl/N-ethyl adjacent to an activating group) is 1. The van der Waals surface area contributed by atoms with Gasteiger partial charge in [-0.3, -0.25) is 14.4 Å². The van der Waals surface area contributed by atoms with Gasteiger partial charge in [0, 0.05) is 46.4 Å². The van der Waals surface area contributed by atoms with Crippen molar-refractivity contribution in [2.75, 3.05) is 20.2 Å². The van der Waals surface area contributed by atoms with E-state index in [0.29, 0.717) is 41.6 Å². The van der Waals surface area contributed by atoms with E-state index >= 15 is 0 Å². The van der Waals surface area contributed by atoms with Crippen molar-refractivity contribution in [2.24, 2.45) is 5.92 Å². The monoisotopic (exact) mass is 543 g/mol. The summed E-state index contributed by atoms with van der Waals surface area (Å²) in [4.78, 5) is 49.9. The summed E-state index contributed by atoms with van der Waals surface area (Å²) in [6, 6.07) is 6.35. The molecule has 1 aromatic carbocycles. The summed E-state index contributed by atoms with van der Waals surface area (Å²) in [6.45, 7) is 3.77. The Kier molecular flexibility index (Phi) is 7.50. The number of aromatic nitrogens is 2. The number of benzene rings is 1. The molecule has 0 saturated heterocycles. The molecule has 37 heavy (non-hydrogen) atoms. The highest BCUT2D eigenvalue weighted by Gasteiger charge is 2.37. The van der Waals surface area contributed by atoms with Crippen molar-refractivity contribution in [3.8, 4) is 0 Å². The Morgan fingerprint density at radius 3 is 2.81 bits per heavy atom. The van der Waals surface area contributed by atoms with Crippen LogP contribution in [-0.2, 0) is 22.5 Å². The highest BCUT2D eigenvalue weighted by Crippen LogP contribution is 2.29. The van der Waals surface area contributed by atoms with E-state index < -0.39 is 6.04 Å². The molecule has 1 saturated carbocycles. The minimum Gasteiger partial charge on any atom is -0.466 e. The fraction of sp³-hybridized carbons (Fsp3) is 0.462. The van der Waals surface area contributed by atoms with Crippen LogP contribution in [0.25, 0.3) is 10.9 Å². The smallest absolute Gasteiger partial charge is 0.308 e. The first-order valence-corrected chi connectivity index (χ1v) is 13.7. The Labute approximate surface area is 223 Å². The number of hydrogen-bond donors (Lipinski definition) is 3. The predicted octanol–water partition coefficient (Wildman–Crippen LogP) is 3.53. The summed E-state index contributed by atoms with van der Waals surface area (Å²) >= 11 is 7.49. The third-order valence-electron chi connectivity index (χ3n) is 7.05. The minimum absolute atomic E-state index is 0.272. The van der Waals surface area contributed by atoms with Crippen LogP contribution in [0.15, 0.2) is 24.3 Å². The second kappa shape index (κ2) is 10.8. The van der Waals surface area contributed by atoms with Crippen molar-refractivity contribution < 1.29 is 19.1 Å². The van der Waals surface area contributed by atoms with Crippen molar-refractivity contribution in [1.29, 1.82) is 0 Å². The van der Waals surface area contributed by atoms with Crippen LogP contribution >= 0.6 is 22.9 Å². The molecular weight excluding hydrogens is 514 g/mol. The average molecular weight is 544 g/mol. The predicted molar refractivity (Wildman–Crippen MR) is 142 cm³/mol. The lowest BCUT2D eigenvalue weighted by Gasteiger charge is -2.35. The van der Waals surface area contributed by atoms with Gasteiger partial charge in [0.05, 0.1) is 24.3 Å². The number of amides is 2. The fourth-order valence-corrected chi connectivity index (χ4v) is 6.37. The van der Waals surface area contributed by atoms with E-state index in [1.807, 2.05) is 6.07 Å². The number of nitrogens with one attached hydrogen (secondary N) is 3. The Morgan fingerprint density at radius 1 is 1.19 bits per heavy atom. The number of aromatic amines is 1. The van der Waals surface area contributed by atoms with E-state index in [1.165, 1.54) is 11.3 Å². The largest absolute Gasteiger partial charge is 0.466 e. The third-order valence-corrected chi connectivity index (χ3v) is 8.36. The van der Waals surface area contributed by atoms with Crippen LogP contribution < -0.4 is 10.6 Å². The van der Waals surface area contributed by atoms with Crippen LogP contribution in [0.1, 0.15) is 57.0 Å². The second-order valence-electron chi connectivity index (χ2n) is 9.71. The van der Waals surface area contributed by atoms with E-state index in [4.69, 9.17) is 16.3 Å². The lowest BCUT2D eigenvalue weighted by molar-refractivity contribution is -0.149. The molecule has 196 valence electrons. The van der Waals surface area contributed by atoms with Crippen LogP contribution in [-0.4, -0.2) is 64.9 Å². The Morgan fingerprint density at radius 2 is 2.00 bits per heavy atom. The molecular formula is C26H30ClN5O4S. The number of carbonyl (C=O) groups excluding carboxylic acids is 3. The van der Waals surface area contributed by atoms with Gasteiger partial charge in [-0.1, -0.05) is 11.6 Å². The summed E-state index contributed by atoms with van der Waals surface area (Å²) in [5, 5.41) is 7.98. The van der Waals surface area contributed by atoms with Gasteiger partial charge in [-0.15, -0.1) is 11.3 Å². The molecule has 2 amide bonds.